The number of hydrogen-bond acceptors (Lipinski definition) is 6. The van der Waals surface area contributed by atoms with Gasteiger partial charge < -0.3 is 11.2 Å². The second kappa shape index (κ2) is 7.86. The van der Waals surface area contributed by atoms with Crippen molar-refractivity contribution < 1.29 is 4.79 Å². The molecular weight excluding hydrogens is 336 g/mol. The van der Waals surface area contributed by atoms with Crippen molar-refractivity contribution in [1.29, 1.82) is 0 Å². The number of pyridine rings is 1. The van der Waals surface area contributed by atoms with Crippen molar-refractivity contribution in [3.05, 3.63) is 24.5 Å². The number of carbonyl (C=O) groups is 1. The van der Waals surface area contributed by atoms with Crippen LogP contribution in [-0.2, 0) is 4.79 Å². The first-order chi connectivity index (χ1) is 12.1. The Labute approximate surface area is 151 Å². The molecule has 25 heavy (non-hydrogen) atoms. The molecule has 0 spiro atoms. The van der Waals surface area contributed by atoms with Crippen LogP contribution in [0.2, 0.25) is 0 Å². The number of hydrogen-bond donors (Lipinski definition) is 2. The molecule has 3 rings (SSSR count). The van der Waals surface area contributed by atoms with Crippen LogP contribution in [0.25, 0.3) is 11.4 Å². The fourth-order valence-corrected chi connectivity index (χ4v) is 3.90. The Morgan fingerprint density at radius 3 is 3.00 bits per heavy atom. The third-order valence-corrected chi connectivity index (χ3v) is 5.91. The molecule has 2 aromatic heterocycles. The fourth-order valence-electron chi connectivity index (χ4n) is 3.23. The Kier molecular flexibility index (Phi) is 5.57. The van der Waals surface area contributed by atoms with Gasteiger partial charge in [0.15, 0.2) is 5.82 Å². The minimum atomic E-state index is 0.0156. The van der Waals surface area contributed by atoms with Gasteiger partial charge in [-0.25, -0.2) is 4.68 Å². The smallest absolute Gasteiger partial charge is 0.230 e. The second-order valence-electron chi connectivity index (χ2n) is 6.65. The molecule has 3 atom stereocenters. The lowest BCUT2D eigenvalue weighted by Gasteiger charge is -2.34. The molecule has 1 amide bonds. The molecule has 2 heterocycles. The number of aromatic nitrogens is 4. The Morgan fingerprint density at radius 2 is 2.24 bits per heavy atom. The molecule has 0 bridgehead atoms. The largest absolute Gasteiger partial charge is 0.352 e. The molecule has 1 aliphatic carbocycles. The number of nitrogens with one attached hydrogen (secondary N) is 1. The average Bonchev–Trinajstić information content (AvgIpc) is 2.99. The molecule has 134 valence electrons. The predicted octanol–water partition coefficient (Wildman–Crippen LogP) is 2.09. The highest BCUT2D eigenvalue weighted by Gasteiger charge is 2.28. The zero-order valence-corrected chi connectivity index (χ0v) is 15.4. The van der Waals surface area contributed by atoms with E-state index in [1.54, 1.807) is 12.4 Å². The van der Waals surface area contributed by atoms with Crippen molar-refractivity contribution in [2.45, 2.75) is 44.3 Å². The van der Waals surface area contributed by atoms with Crippen LogP contribution in [-0.4, -0.2) is 37.6 Å². The summed E-state index contributed by atoms with van der Waals surface area (Å²) in [6.07, 6.45) is 6.85. The van der Waals surface area contributed by atoms with Crippen molar-refractivity contribution in [1.82, 2.24) is 25.2 Å². The van der Waals surface area contributed by atoms with Gasteiger partial charge >= 0.3 is 0 Å². The second-order valence-corrected chi connectivity index (χ2v) is 7.59. The number of nitrogens with two attached hydrogens (primary N) is 1. The zero-order chi connectivity index (χ0) is 17.8. The van der Waals surface area contributed by atoms with Crippen LogP contribution in [0.3, 0.4) is 0 Å². The van der Waals surface area contributed by atoms with Crippen molar-refractivity contribution in [3.8, 4) is 11.4 Å². The van der Waals surface area contributed by atoms with E-state index in [1.807, 2.05) is 12.1 Å². The van der Waals surface area contributed by atoms with Crippen molar-refractivity contribution in [2.75, 3.05) is 11.6 Å². The van der Waals surface area contributed by atoms with E-state index in [0.717, 1.165) is 12.0 Å². The first kappa shape index (κ1) is 17.7. The van der Waals surface area contributed by atoms with E-state index in [-0.39, 0.29) is 17.7 Å². The molecule has 1 saturated carbocycles. The summed E-state index contributed by atoms with van der Waals surface area (Å²) in [6.45, 7) is 4.48. The minimum Gasteiger partial charge on any atom is -0.352 e. The summed E-state index contributed by atoms with van der Waals surface area (Å²) < 4.78 is 1.40. The minimum absolute atomic E-state index is 0.0156. The van der Waals surface area contributed by atoms with Crippen LogP contribution in [0.4, 0.5) is 0 Å². The van der Waals surface area contributed by atoms with E-state index in [2.05, 4.69) is 34.3 Å². The maximum atomic E-state index is 12.3. The summed E-state index contributed by atoms with van der Waals surface area (Å²) in [5.41, 5.74) is 0.791. The standard InChI is InChI=1S/C17H24N6OS/c1-11-5-3-7-14(12(11)2)20-15(24)10-25-17-22-21-16(23(17)18)13-6-4-8-19-9-13/h4,6,8-9,11-12,14H,3,5,7,10,18H2,1-2H3,(H,20,24)/t11-,12+,14-/m0/s1. The summed E-state index contributed by atoms with van der Waals surface area (Å²) in [6, 6.07) is 3.95. The van der Waals surface area contributed by atoms with Gasteiger partial charge in [0.2, 0.25) is 11.1 Å². The maximum Gasteiger partial charge on any atom is 0.230 e. The molecule has 7 nitrogen and oxygen atoms in total. The molecular formula is C17H24N6OS. The van der Waals surface area contributed by atoms with E-state index in [9.17, 15) is 4.79 Å². The van der Waals surface area contributed by atoms with E-state index < -0.39 is 0 Å². The molecule has 0 radical (unpaired) electrons. The molecule has 0 unspecified atom stereocenters. The number of amides is 1. The highest BCUT2D eigenvalue weighted by atomic mass is 32.2. The van der Waals surface area contributed by atoms with Gasteiger partial charge in [-0.05, 0) is 30.4 Å². The van der Waals surface area contributed by atoms with Gasteiger partial charge in [0.25, 0.3) is 0 Å². The summed E-state index contributed by atoms with van der Waals surface area (Å²) in [5, 5.41) is 11.9. The first-order valence-corrected chi connectivity index (χ1v) is 9.58. The Hall–Kier alpha value is -2.09. The molecule has 1 fully saturated rings. The highest BCUT2D eigenvalue weighted by molar-refractivity contribution is 7.99. The van der Waals surface area contributed by atoms with Gasteiger partial charge in [-0.15, -0.1) is 10.2 Å². The third-order valence-electron chi connectivity index (χ3n) is 4.97. The van der Waals surface area contributed by atoms with Gasteiger partial charge in [0.1, 0.15) is 0 Å². The quantitative estimate of drug-likeness (QED) is 0.626. The zero-order valence-electron chi connectivity index (χ0n) is 14.6. The van der Waals surface area contributed by atoms with Gasteiger partial charge in [-0.2, -0.15) is 0 Å². The Balaban J connectivity index is 1.57. The van der Waals surface area contributed by atoms with Crippen molar-refractivity contribution in [2.24, 2.45) is 11.8 Å². The van der Waals surface area contributed by atoms with Crippen LogP contribution in [0.1, 0.15) is 33.1 Å². The Bertz CT molecular complexity index is 719. The van der Waals surface area contributed by atoms with Gasteiger partial charge in [-0.3, -0.25) is 9.78 Å². The summed E-state index contributed by atoms with van der Waals surface area (Å²) in [5.74, 6) is 8.05. The van der Waals surface area contributed by atoms with Crippen molar-refractivity contribution >= 4 is 17.7 Å². The monoisotopic (exact) mass is 360 g/mol. The summed E-state index contributed by atoms with van der Waals surface area (Å²) in [7, 11) is 0. The van der Waals surface area contributed by atoms with Gasteiger partial charge in [0.05, 0.1) is 5.75 Å². The van der Waals surface area contributed by atoms with E-state index in [4.69, 9.17) is 5.84 Å². The Morgan fingerprint density at radius 1 is 1.40 bits per heavy atom. The molecule has 2 aromatic rings. The van der Waals surface area contributed by atoms with Crippen LogP contribution < -0.4 is 11.2 Å². The first-order valence-electron chi connectivity index (χ1n) is 8.59. The fraction of sp³-hybridized carbons (Fsp3) is 0.529. The number of rotatable bonds is 5. The molecule has 3 N–H and O–H groups in total. The van der Waals surface area contributed by atoms with Crippen molar-refractivity contribution in [3.63, 3.8) is 0 Å². The highest BCUT2D eigenvalue weighted by Crippen LogP contribution is 2.29. The van der Waals surface area contributed by atoms with Gasteiger partial charge in [-0.1, -0.05) is 38.5 Å². The molecule has 0 saturated heterocycles. The number of carbonyl (C=O) groups excluding carboxylic acids is 1. The number of nitrogens with zero attached hydrogens (tertiary/aromatic N) is 4. The molecule has 1 aliphatic rings. The van der Waals surface area contributed by atoms with Crippen LogP contribution in [0.15, 0.2) is 29.7 Å². The lowest BCUT2D eigenvalue weighted by Crippen LogP contribution is -2.44. The normalized spacial score (nSPS) is 23.4. The topological polar surface area (TPSA) is 98.7 Å². The van der Waals surface area contributed by atoms with Gasteiger partial charge in [0, 0.05) is 24.0 Å². The van der Waals surface area contributed by atoms with E-state index in [1.165, 1.54) is 29.3 Å². The predicted molar refractivity (Wildman–Crippen MR) is 98.2 cm³/mol. The molecule has 8 heteroatoms. The summed E-state index contributed by atoms with van der Waals surface area (Å²) in [4.78, 5) is 16.3. The lowest BCUT2D eigenvalue weighted by molar-refractivity contribution is -0.120. The lowest BCUT2D eigenvalue weighted by atomic mass is 9.78. The SMILES string of the molecule is C[C@H]1[C@@H](NC(=O)CSc2nnc(-c3cccnc3)n2N)CCC[C@@H]1C. The van der Waals surface area contributed by atoms with Crippen LogP contribution in [0, 0.1) is 11.8 Å². The average molecular weight is 360 g/mol. The third kappa shape index (κ3) is 4.12. The number of thioether (sulfide) groups is 1. The van der Waals surface area contributed by atoms with E-state index in [0.29, 0.717) is 22.8 Å². The van der Waals surface area contributed by atoms with Crippen LogP contribution >= 0.6 is 11.8 Å². The van der Waals surface area contributed by atoms with E-state index >= 15 is 0 Å². The molecule has 0 aliphatic heterocycles. The van der Waals surface area contributed by atoms with Crippen LogP contribution in [0.5, 0.6) is 0 Å². The maximum absolute atomic E-state index is 12.3. The number of nitrogen functional groups attached to an aromatic ring is 1. The summed E-state index contributed by atoms with van der Waals surface area (Å²) >= 11 is 1.29. The molecule has 0 aromatic carbocycles.